The molecule has 2 aliphatic rings. The highest BCUT2D eigenvalue weighted by Gasteiger charge is 2.40. The molecule has 8 heteroatoms. The summed E-state index contributed by atoms with van der Waals surface area (Å²) >= 11 is 0. The van der Waals surface area contributed by atoms with Crippen LogP contribution in [0.3, 0.4) is 0 Å². The molecule has 2 aromatic carbocycles. The van der Waals surface area contributed by atoms with E-state index in [9.17, 15) is 18.0 Å². The lowest BCUT2D eigenvalue weighted by Gasteiger charge is -2.38. The standard InChI is InChI=1S/C23H24F3NO4/c1-29-20-10-15-8-9-27(22(28)14-6-7-14)19(18(15)12-21(20)30-2)13-31-17-5-3-4-16(11-17)23(24,25)26/h3-5,10-12,14,19H,6-9,13H2,1-2H3/t19-/m0/s1. The minimum absolute atomic E-state index is 0.0257. The van der Waals surface area contributed by atoms with Gasteiger partial charge in [-0.1, -0.05) is 6.07 Å². The van der Waals surface area contributed by atoms with Gasteiger partial charge in [0.2, 0.25) is 5.91 Å². The van der Waals surface area contributed by atoms with Crippen molar-refractivity contribution in [3.8, 4) is 17.2 Å². The Kier molecular flexibility index (Phi) is 5.73. The van der Waals surface area contributed by atoms with Crippen LogP contribution in [-0.2, 0) is 17.4 Å². The Morgan fingerprint density at radius 3 is 2.45 bits per heavy atom. The van der Waals surface area contributed by atoms with Crippen molar-refractivity contribution in [1.82, 2.24) is 4.90 Å². The van der Waals surface area contributed by atoms with E-state index in [4.69, 9.17) is 14.2 Å². The fraction of sp³-hybridized carbons (Fsp3) is 0.435. The summed E-state index contributed by atoms with van der Waals surface area (Å²) in [5.41, 5.74) is 1.10. The number of hydrogen-bond donors (Lipinski definition) is 0. The monoisotopic (exact) mass is 435 g/mol. The summed E-state index contributed by atoms with van der Waals surface area (Å²) in [6.07, 6.45) is -2.05. The Morgan fingerprint density at radius 2 is 1.81 bits per heavy atom. The van der Waals surface area contributed by atoms with Crippen LogP contribution in [0.1, 0.15) is 35.6 Å². The van der Waals surface area contributed by atoms with Crippen LogP contribution in [-0.4, -0.2) is 38.2 Å². The smallest absolute Gasteiger partial charge is 0.416 e. The molecule has 1 heterocycles. The van der Waals surface area contributed by atoms with Gasteiger partial charge in [-0.25, -0.2) is 0 Å². The molecule has 1 amide bonds. The summed E-state index contributed by atoms with van der Waals surface area (Å²) in [5, 5.41) is 0. The number of fused-ring (bicyclic) bond motifs is 1. The van der Waals surface area contributed by atoms with E-state index in [1.165, 1.54) is 19.2 Å². The molecule has 2 aromatic rings. The molecule has 0 bridgehead atoms. The molecule has 0 unspecified atom stereocenters. The zero-order valence-electron chi connectivity index (χ0n) is 17.4. The number of methoxy groups -OCH3 is 2. The summed E-state index contributed by atoms with van der Waals surface area (Å²) < 4.78 is 55.7. The van der Waals surface area contributed by atoms with Crippen LogP contribution < -0.4 is 14.2 Å². The lowest BCUT2D eigenvalue weighted by molar-refractivity contribution is -0.137. The Balaban J connectivity index is 1.64. The molecule has 1 atom stereocenters. The van der Waals surface area contributed by atoms with Crippen molar-refractivity contribution in [2.75, 3.05) is 27.4 Å². The SMILES string of the molecule is COc1cc2c(cc1OC)[C@H](COc1cccc(C(F)(F)F)c1)N(C(=O)C1CC1)CC2. The van der Waals surface area contributed by atoms with E-state index in [-0.39, 0.29) is 24.2 Å². The number of alkyl halides is 3. The largest absolute Gasteiger partial charge is 0.493 e. The van der Waals surface area contributed by atoms with E-state index in [1.54, 1.807) is 12.0 Å². The van der Waals surface area contributed by atoms with Gasteiger partial charge in [0.25, 0.3) is 0 Å². The topological polar surface area (TPSA) is 48.0 Å². The van der Waals surface area contributed by atoms with Gasteiger partial charge in [0, 0.05) is 12.5 Å². The molecule has 0 aromatic heterocycles. The molecule has 1 fully saturated rings. The van der Waals surface area contributed by atoms with Crippen molar-refractivity contribution in [2.45, 2.75) is 31.5 Å². The second-order valence-corrected chi connectivity index (χ2v) is 7.81. The van der Waals surface area contributed by atoms with Crippen molar-refractivity contribution in [1.29, 1.82) is 0 Å². The van der Waals surface area contributed by atoms with Gasteiger partial charge in [-0.05, 0) is 60.7 Å². The van der Waals surface area contributed by atoms with E-state index in [2.05, 4.69) is 0 Å². The number of hydrogen-bond acceptors (Lipinski definition) is 4. The lowest BCUT2D eigenvalue weighted by Crippen LogP contribution is -2.43. The molecule has 0 spiro atoms. The molecule has 1 saturated carbocycles. The number of nitrogens with zero attached hydrogens (tertiary/aromatic N) is 1. The summed E-state index contributed by atoms with van der Waals surface area (Å²) in [4.78, 5) is 14.7. The quantitative estimate of drug-likeness (QED) is 0.664. The van der Waals surface area contributed by atoms with Crippen molar-refractivity contribution in [3.05, 3.63) is 53.1 Å². The van der Waals surface area contributed by atoms with Gasteiger partial charge in [-0.2, -0.15) is 13.2 Å². The first-order valence-electron chi connectivity index (χ1n) is 10.2. The van der Waals surface area contributed by atoms with Gasteiger partial charge >= 0.3 is 6.18 Å². The second kappa shape index (κ2) is 8.32. The number of benzene rings is 2. The third-order valence-corrected chi connectivity index (χ3v) is 5.78. The third kappa shape index (κ3) is 4.43. The Hall–Kier alpha value is -2.90. The van der Waals surface area contributed by atoms with E-state index in [0.29, 0.717) is 24.5 Å². The van der Waals surface area contributed by atoms with Crippen LogP contribution in [0, 0.1) is 5.92 Å². The van der Waals surface area contributed by atoms with Crippen LogP contribution in [0.2, 0.25) is 0 Å². The Bertz CT molecular complexity index is 972. The fourth-order valence-electron chi connectivity index (χ4n) is 3.97. The van der Waals surface area contributed by atoms with E-state index in [1.807, 2.05) is 12.1 Å². The maximum atomic E-state index is 13.0. The fourth-order valence-corrected chi connectivity index (χ4v) is 3.97. The molecule has 0 saturated heterocycles. The average Bonchev–Trinajstić information content (AvgIpc) is 3.61. The predicted octanol–water partition coefficient (Wildman–Crippen LogP) is 4.64. The number of halogens is 3. The second-order valence-electron chi connectivity index (χ2n) is 7.81. The summed E-state index contributed by atoms with van der Waals surface area (Å²) in [6.45, 7) is 0.566. The highest BCUT2D eigenvalue weighted by molar-refractivity contribution is 5.82. The zero-order valence-corrected chi connectivity index (χ0v) is 17.4. The molecule has 166 valence electrons. The lowest BCUT2D eigenvalue weighted by atomic mass is 9.91. The molecular weight excluding hydrogens is 411 g/mol. The number of ether oxygens (including phenoxy) is 3. The number of amides is 1. The Morgan fingerprint density at radius 1 is 1.10 bits per heavy atom. The van der Waals surface area contributed by atoms with Gasteiger partial charge in [0.15, 0.2) is 11.5 Å². The van der Waals surface area contributed by atoms with Gasteiger partial charge in [0.1, 0.15) is 12.4 Å². The number of carbonyl (C=O) groups excluding carboxylic acids is 1. The first-order chi connectivity index (χ1) is 14.8. The van der Waals surface area contributed by atoms with Crippen molar-refractivity contribution < 1.29 is 32.2 Å². The summed E-state index contributed by atoms with van der Waals surface area (Å²) in [6, 6.07) is 8.08. The maximum Gasteiger partial charge on any atom is 0.416 e. The van der Waals surface area contributed by atoms with Crippen LogP contribution in [0.4, 0.5) is 13.2 Å². The molecule has 0 N–H and O–H groups in total. The first kappa shape index (κ1) is 21.3. The maximum absolute atomic E-state index is 13.0. The zero-order chi connectivity index (χ0) is 22.2. The summed E-state index contributed by atoms with van der Waals surface area (Å²) in [7, 11) is 3.10. The molecule has 5 nitrogen and oxygen atoms in total. The van der Waals surface area contributed by atoms with Gasteiger partial charge in [-0.15, -0.1) is 0 Å². The minimum Gasteiger partial charge on any atom is -0.493 e. The molecule has 31 heavy (non-hydrogen) atoms. The van der Waals surface area contributed by atoms with Crippen molar-refractivity contribution in [3.63, 3.8) is 0 Å². The van der Waals surface area contributed by atoms with E-state index in [0.717, 1.165) is 36.1 Å². The van der Waals surface area contributed by atoms with Crippen molar-refractivity contribution >= 4 is 5.91 Å². The predicted molar refractivity (Wildman–Crippen MR) is 107 cm³/mol. The highest BCUT2D eigenvalue weighted by Crippen LogP contribution is 2.41. The van der Waals surface area contributed by atoms with Crippen LogP contribution in [0.25, 0.3) is 0 Å². The summed E-state index contributed by atoms with van der Waals surface area (Å²) in [5.74, 6) is 1.34. The molecule has 0 radical (unpaired) electrons. The molecule has 1 aliphatic carbocycles. The average molecular weight is 435 g/mol. The molecular formula is C23H24F3NO4. The first-order valence-corrected chi connectivity index (χ1v) is 10.2. The normalized spacial score (nSPS) is 18.4. The Labute approximate surface area is 178 Å². The van der Waals surface area contributed by atoms with Crippen LogP contribution in [0.15, 0.2) is 36.4 Å². The van der Waals surface area contributed by atoms with Gasteiger partial charge in [-0.3, -0.25) is 4.79 Å². The van der Waals surface area contributed by atoms with Crippen LogP contribution >= 0.6 is 0 Å². The van der Waals surface area contributed by atoms with Crippen LogP contribution in [0.5, 0.6) is 17.2 Å². The molecule has 4 rings (SSSR count). The number of rotatable bonds is 6. The molecule has 1 aliphatic heterocycles. The number of carbonyl (C=O) groups is 1. The third-order valence-electron chi connectivity index (χ3n) is 5.78. The van der Waals surface area contributed by atoms with E-state index < -0.39 is 17.8 Å². The van der Waals surface area contributed by atoms with Crippen molar-refractivity contribution in [2.24, 2.45) is 5.92 Å². The minimum atomic E-state index is -4.45. The van der Waals surface area contributed by atoms with Gasteiger partial charge < -0.3 is 19.1 Å². The van der Waals surface area contributed by atoms with Gasteiger partial charge in [0.05, 0.1) is 25.8 Å². The highest BCUT2D eigenvalue weighted by atomic mass is 19.4. The van der Waals surface area contributed by atoms with E-state index >= 15 is 0 Å².